The molecular weight excluding hydrogens is 541 g/mol. The molecule has 3 heterocycles. The fraction of sp³-hybridized carbons (Fsp3) is 0.212. The van der Waals surface area contributed by atoms with E-state index in [4.69, 9.17) is 21.1 Å². The van der Waals surface area contributed by atoms with Crippen molar-refractivity contribution in [2.45, 2.75) is 24.9 Å². The van der Waals surface area contributed by atoms with Gasteiger partial charge in [-0.15, -0.1) is 0 Å². The van der Waals surface area contributed by atoms with Gasteiger partial charge in [-0.1, -0.05) is 48.0 Å². The predicted octanol–water partition coefficient (Wildman–Crippen LogP) is 8.01. The van der Waals surface area contributed by atoms with E-state index in [9.17, 15) is 4.79 Å². The summed E-state index contributed by atoms with van der Waals surface area (Å²) in [5, 5.41) is 1.57. The van der Waals surface area contributed by atoms with Crippen LogP contribution in [0.3, 0.4) is 0 Å². The number of halogens is 2. The highest BCUT2D eigenvalue weighted by molar-refractivity contribution is 6.30. The fourth-order valence-corrected chi connectivity index (χ4v) is 5.57. The van der Waals surface area contributed by atoms with E-state index in [1.54, 1.807) is 18.5 Å². The van der Waals surface area contributed by atoms with Crippen molar-refractivity contribution in [3.05, 3.63) is 107 Å². The van der Waals surface area contributed by atoms with Crippen molar-refractivity contribution in [1.29, 1.82) is 0 Å². The van der Waals surface area contributed by atoms with E-state index < -0.39 is 11.6 Å². The summed E-state index contributed by atoms with van der Waals surface area (Å²) in [5.74, 6) is 0.364. The number of anilines is 1. The highest BCUT2D eigenvalue weighted by Crippen LogP contribution is 2.38. The lowest BCUT2D eigenvalue weighted by Gasteiger charge is -2.38. The van der Waals surface area contributed by atoms with Crippen molar-refractivity contribution < 1.29 is 18.7 Å². The van der Waals surface area contributed by atoms with Gasteiger partial charge >= 0.3 is 5.97 Å². The minimum atomic E-state index is -1.33. The number of methoxy groups -OCH3 is 1. The van der Waals surface area contributed by atoms with Crippen LogP contribution in [0, 0.1) is 0 Å². The number of nitrogens with one attached hydrogen (secondary N) is 1. The van der Waals surface area contributed by atoms with Crippen molar-refractivity contribution in [2.75, 3.05) is 25.1 Å². The van der Waals surface area contributed by atoms with Crippen LogP contribution in [0.4, 0.5) is 10.1 Å². The molecule has 6 rings (SSSR count). The van der Waals surface area contributed by atoms with E-state index in [2.05, 4.69) is 14.9 Å². The normalized spacial score (nSPS) is 14.7. The molecule has 1 fully saturated rings. The second-order valence-electron chi connectivity index (χ2n) is 10.3. The first-order valence-electron chi connectivity index (χ1n) is 13.5. The molecule has 0 unspecified atom stereocenters. The van der Waals surface area contributed by atoms with Gasteiger partial charge < -0.3 is 19.4 Å². The molecule has 0 atom stereocenters. The van der Waals surface area contributed by atoms with Gasteiger partial charge in [-0.25, -0.2) is 14.2 Å². The zero-order valence-corrected chi connectivity index (χ0v) is 23.3. The average molecular weight is 570 g/mol. The van der Waals surface area contributed by atoms with Gasteiger partial charge in [0.05, 0.1) is 13.3 Å². The van der Waals surface area contributed by atoms with Crippen LogP contribution < -0.4 is 9.64 Å². The average Bonchev–Trinajstić information content (AvgIpc) is 3.46. The van der Waals surface area contributed by atoms with Gasteiger partial charge in [-0.05, 0) is 65.9 Å². The van der Waals surface area contributed by atoms with Crippen LogP contribution in [0.15, 0.2) is 91.3 Å². The number of piperidine rings is 1. The molecule has 0 spiro atoms. The largest absolute Gasteiger partial charge is 0.465 e. The van der Waals surface area contributed by atoms with Gasteiger partial charge in [0.2, 0.25) is 0 Å². The molecule has 3 aromatic carbocycles. The maximum atomic E-state index is 16.2. The van der Waals surface area contributed by atoms with E-state index in [1.165, 1.54) is 7.11 Å². The number of benzene rings is 3. The van der Waals surface area contributed by atoms with Crippen molar-refractivity contribution in [3.63, 3.8) is 0 Å². The van der Waals surface area contributed by atoms with Crippen molar-refractivity contribution >= 4 is 34.3 Å². The van der Waals surface area contributed by atoms with Gasteiger partial charge in [0.15, 0.2) is 0 Å². The summed E-state index contributed by atoms with van der Waals surface area (Å²) in [5.41, 5.74) is 3.61. The number of esters is 1. The van der Waals surface area contributed by atoms with Crippen LogP contribution in [0.2, 0.25) is 5.02 Å². The number of aromatic amines is 1. The lowest BCUT2D eigenvalue weighted by molar-refractivity contribution is 0.0598. The number of hydrogen-bond acceptors (Lipinski definition) is 5. The maximum absolute atomic E-state index is 16.2. The van der Waals surface area contributed by atoms with Gasteiger partial charge in [-0.3, -0.25) is 0 Å². The Morgan fingerprint density at radius 3 is 2.61 bits per heavy atom. The summed E-state index contributed by atoms with van der Waals surface area (Å²) in [4.78, 5) is 22.0. The Hall–Kier alpha value is -4.36. The van der Waals surface area contributed by atoms with Crippen LogP contribution in [-0.4, -0.2) is 41.8 Å². The molecule has 1 saturated heterocycles. The molecule has 41 heavy (non-hydrogen) atoms. The van der Waals surface area contributed by atoms with Gasteiger partial charge in [0.25, 0.3) is 0 Å². The molecule has 1 aliphatic heterocycles. The lowest BCUT2D eigenvalue weighted by Crippen LogP contribution is -2.43. The van der Waals surface area contributed by atoms with Crippen molar-refractivity contribution in [1.82, 2.24) is 9.97 Å². The second-order valence-corrected chi connectivity index (χ2v) is 10.8. The van der Waals surface area contributed by atoms with Gasteiger partial charge in [0, 0.05) is 47.9 Å². The third-order valence-corrected chi connectivity index (χ3v) is 7.93. The molecule has 0 amide bonds. The number of hydrogen-bond donors (Lipinski definition) is 1. The summed E-state index contributed by atoms with van der Waals surface area (Å²) in [6.07, 6.45) is 4.51. The molecule has 8 heteroatoms. The zero-order chi connectivity index (χ0) is 28.4. The Morgan fingerprint density at radius 1 is 1.05 bits per heavy atom. The number of H-pyrrole nitrogens is 1. The monoisotopic (exact) mass is 569 g/mol. The highest BCUT2D eigenvalue weighted by atomic mass is 35.5. The second kappa shape index (κ2) is 11.3. The molecule has 0 aliphatic carbocycles. The third-order valence-electron chi connectivity index (χ3n) is 7.68. The zero-order valence-electron chi connectivity index (χ0n) is 22.6. The summed E-state index contributed by atoms with van der Waals surface area (Å²) in [6, 6.07) is 24.7. The Morgan fingerprint density at radius 2 is 1.83 bits per heavy atom. The standard InChI is InChI=1S/C33H29ClFN3O3/c1-40-32(39)29-11-10-26(19-30(29)41-27-18-23-12-15-36-31(23)37-21-27)38-16-13-33(35,14-17-38)20-24-4-2-3-5-28(24)22-6-8-25(34)9-7-22/h2-12,15,18-19,21H,13-14,16-17,20H2,1H3,(H,36,37). The minimum absolute atomic E-state index is 0.307. The summed E-state index contributed by atoms with van der Waals surface area (Å²) in [7, 11) is 1.34. The summed E-state index contributed by atoms with van der Waals surface area (Å²) < 4.78 is 27.4. The first kappa shape index (κ1) is 26.8. The third kappa shape index (κ3) is 5.77. The first-order valence-corrected chi connectivity index (χ1v) is 13.9. The number of ether oxygens (including phenoxy) is 2. The van der Waals surface area contributed by atoms with Gasteiger partial charge in [-0.2, -0.15) is 0 Å². The maximum Gasteiger partial charge on any atom is 0.341 e. The number of alkyl halides is 1. The van der Waals surface area contributed by atoms with Crippen molar-refractivity contribution in [2.24, 2.45) is 0 Å². The van der Waals surface area contributed by atoms with Crippen LogP contribution in [0.5, 0.6) is 11.5 Å². The number of carbonyl (C=O) groups is 1. The minimum Gasteiger partial charge on any atom is -0.465 e. The van der Waals surface area contributed by atoms with E-state index in [0.29, 0.717) is 54.4 Å². The molecule has 208 valence electrons. The Balaban J connectivity index is 1.20. The van der Waals surface area contributed by atoms with Crippen LogP contribution in [0.1, 0.15) is 28.8 Å². The Labute approximate surface area is 242 Å². The molecule has 0 bridgehead atoms. The van der Waals surface area contributed by atoms with E-state index in [1.807, 2.05) is 72.8 Å². The number of rotatable bonds is 7. The predicted molar refractivity (Wildman–Crippen MR) is 160 cm³/mol. The Kier molecular flexibility index (Phi) is 7.37. The molecule has 1 aliphatic rings. The summed E-state index contributed by atoms with van der Waals surface area (Å²) in [6.45, 7) is 1.07. The number of carbonyl (C=O) groups excluding carboxylic acids is 1. The Bertz CT molecular complexity index is 1690. The molecule has 0 saturated carbocycles. The van der Waals surface area contributed by atoms with E-state index in [-0.39, 0.29) is 0 Å². The topological polar surface area (TPSA) is 67.4 Å². The smallest absolute Gasteiger partial charge is 0.341 e. The van der Waals surface area contributed by atoms with Crippen molar-refractivity contribution in [3.8, 4) is 22.6 Å². The highest BCUT2D eigenvalue weighted by Gasteiger charge is 2.35. The molecular formula is C33H29ClFN3O3. The van der Waals surface area contributed by atoms with E-state index in [0.717, 1.165) is 33.4 Å². The van der Waals surface area contributed by atoms with Crippen LogP contribution in [0.25, 0.3) is 22.2 Å². The molecule has 2 aromatic heterocycles. The lowest BCUT2D eigenvalue weighted by atomic mass is 9.84. The van der Waals surface area contributed by atoms with Gasteiger partial charge in [0.1, 0.15) is 28.4 Å². The first-order chi connectivity index (χ1) is 19.9. The summed E-state index contributed by atoms with van der Waals surface area (Å²) >= 11 is 6.08. The number of aromatic nitrogens is 2. The molecule has 0 radical (unpaired) electrons. The number of fused-ring (bicyclic) bond motifs is 1. The SMILES string of the molecule is COC(=O)c1ccc(N2CCC(F)(Cc3ccccc3-c3ccc(Cl)cc3)CC2)cc1Oc1cnc2[nH]ccc2c1. The fourth-order valence-electron chi connectivity index (χ4n) is 5.44. The quantitative estimate of drug-likeness (QED) is 0.201. The number of nitrogens with zero attached hydrogens (tertiary/aromatic N) is 2. The van der Waals surface area contributed by atoms with Crippen LogP contribution >= 0.6 is 11.6 Å². The van der Waals surface area contributed by atoms with Crippen LogP contribution in [-0.2, 0) is 11.2 Å². The molecule has 1 N–H and O–H groups in total. The number of pyridine rings is 1. The molecule has 6 nitrogen and oxygen atoms in total. The van der Waals surface area contributed by atoms with E-state index >= 15 is 4.39 Å². The molecule has 5 aromatic rings.